The molecule has 2 N–H and O–H groups in total. The number of benzene rings is 2. The molecule has 32 heavy (non-hydrogen) atoms. The summed E-state index contributed by atoms with van der Waals surface area (Å²) in [5, 5.41) is 19.7. The van der Waals surface area contributed by atoms with Crippen LogP contribution in [0.3, 0.4) is 0 Å². The number of hydrogen-bond acceptors (Lipinski definition) is 8. The molecule has 0 bridgehead atoms. The Morgan fingerprint density at radius 3 is 1.22 bits per heavy atom. The molecule has 2 atom stereocenters. The van der Waals surface area contributed by atoms with E-state index in [9.17, 15) is 10.2 Å². The SMILES string of the molecule is CC(O)c1ccc2c(c1)OCCOCCOc1ccc(C(C)O)cc1OCCOCCO2. The molecule has 0 saturated carbocycles. The number of fused-ring (bicyclic) bond motifs is 2. The summed E-state index contributed by atoms with van der Waals surface area (Å²) in [6.45, 7) is 6.23. The predicted molar refractivity (Wildman–Crippen MR) is 118 cm³/mol. The first kappa shape index (κ1) is 24.1. The second-order valence-electron chi connectivity index (χ2n) is 7.38. The Hall–Kier alpha value is -2.52. The zero-order valence-corrected chi connectivity index (χ0v) is 18.6. The van der Waals surface area contributed by atoms with Crippen LogP contribution in [0.15, 0.2) is 36.4 Å². The van der Waals surface area contributed by atoms with Gasteiger partial charge in [0.05, 0.1) is 38.6 Å². The average molecular weight is 449 g/mol. The van der Waals surface area contributed by atoms with E-state index in [0.717, 1.165) is 11.1 Å². The molecule has 1 aliphatic rings. The summed E-state index contributed by atoms with van der Waals surface area (Å²) in [6, 6.07) is 10.7. The van der Waals surface area contributed by atoms with Crippen molar-refractivity contribution in [3.63, 3.8) is 0 Å². The Balaban J connectivity index is 1.63. The smallest absolute Gasteiger partial charge is 0.161 e. The van der Waals surface area contributed by atoms with Gasteiger partial charge < -0.3 is 38.6 Å². The Bertz CT molecular complexity index is 767. The van der Waals surface area contributed by atoms with E-state index in [4.69, 9.17) is 28.4 Å². The summed E-state index contributed by atoms with van der Waals surface area (Å²) in [7, 11) is 0. The first-order valence-corrected chi connectivity index (χ1v) is 10.9. The number of hydrogen-bond donors (Lipinski definition) is 2. The first-order chi connectivity index (χ1) is 15.5. The van der Waals surface area contributed by atoms with Crippen molar-refractivity contribution in [3.8, 4) is 23.0 Å². The molecule has 0 radical (unpaired) electrons. The van der Waals surface area contributed by atoms with Gasteiger partial charge >= 0.3 is 0 Å². The summed E-state index contributed by atoms with van der Waals surface area (Å²) in [6.07, 6.45) is -1.21. The van der Waals surface area contributed by atoms with Gasteiger partial charge in [0.15, 0.2) is 23.0 Å². The summed E-state index contributed by atoms with van der Waals surface area (Å²) in [5.41, 5.74) is 1.49. The summed E-state index contributed by atoms with van der Waals surface area (Å²) in [5.74, 6) is 2.27. The molecule has 3 rings (SSSR count). The lowest BCUT2D eigenvalue weighted by Gasteiger charge is -2.17. The second-order valence-corrected chi connectivity index (χ2v) is 7.38. The van der Waals surface area contributed by atoms with Crippen LogP contribution in [0.2, 0.25) is 0 Å². The van der Waals surface area contributed by atoms with Gasteiger partial charge in [-0.15, -0.1) is 0 Å². The van der Waals surface area contributed by atoms with Gasteiger partial charge in [-0.1, -0.05) is 12.1 Å². The van der Waals surface area contributed by atoms with E-state index >= 15 is 0 Å². The summed E-state index contributed by atoms with van der Waals surface area (Å²) >= 11 is 0. The highest BCUT2D eigenvalue weighted by Gasteiger charge is 2.12. The fraction of sp³-hybridized carbons (Fsp3) is 0.500. The maximum absolute atomic E-state index is 9.84. The van der Waals surface area contributed by atoms with Crippen molar-refractivity contribution in [2.24, 2.45) is 0 Å². The molecule has 8 nitrogen and oxygen atoms in total. The van der Waals surface area contributed by atoms with Crippen LogP contribution in [0.5, 0.6) is 23.0 Å². The Morgan fingerprint density at radius 2 is 0.875 bits per heavy atom. The molecule has 2 unspecified atom stereocenters. The maximum atomic E-state index is 9.84. The summed E-state index contributed by atoms with van der Waals surface area (Å²) < 4.78 is 34.5. The molecule has 1 aliphatic heterocycles. The van der Waals surface area contributed by atoms with Crippen LogP contribution < -0.4 is 18.9 Å². The minimum Gasteiger partial charge on any atom is -0.487 e. The van der Waals surface area contributed by atoms with Crippen LogP contribution in [-0.2, 0) is 9.47 Å². The largest absolute Gasteiger partial charge is 0.487 e. The molecule has 0 amide bonds. The quantitative estimate of drug-likeness (QED) is 0.724. The summed E-state index contributed by atoms with van der Waals surface area (Å²) in [4.78, 5) is 0. The molecular weight excluding hydrogens is 416 g/mol. The van der Waals surface area contributed by atoms with Crippen molar-refractivity contribution in [1.29, 1.82) is 0 Å². The van der Waals surface area contributed by atoms with Gasteiger partial charge in [0.2, 0.25) is 0 Å². The normalized spacial score (nSPS) is 18.1. The number of aliphatic hydroxyl groups excluding tert-OH is 2. The van der Waals surface area contributed by atoms with E-state index in [0.29, 0.717) is 75.9 Å². The Morgan fingerprint density at radius 1 is 0.531 bits per heavy atom. The first-order valence-electron chi connectivity index (χ1n) is 10.9. The van der Waals surface area contributed by atoms with E-state index in [1.165, 1.54) is 0 Å². The zero-order valence-electron chi connectivity index (χ0n) is 18.6. The standard InChI is InChI=1S/C24H32O8/c1-17(25)19-3-5-21-23(15-19)31-13-9-27-8-12-30-22-6-4-20(18(2)26)16-24(22)32-14-10-28-7-11-29-21/h3-6,15-18,25-26H,7-14H2,1-2H3. The van der Waals surface area contributed by atoms with Crippen molar-refractivity contribution in [3.05, 3.63) is 47.5 Å². The molecule has 0 aromatic heterocycles. The molecule has 0 aliphatic carbocycles. The maximum Gasteiger partial charge on any atom is 0.161 e. The highest BCUT2D eigenvalue weighted by atomic mass is 16.6. The van der Waals surface area contributed by atoms with Crippen molar-refractivity contribution in [1.82, 2.24) is 0 Å². The lowest BCUT2D eigenvalue weighted by Crippen LogP contribution is -2.15. The third kappa shape index (κ3) is 7.27. The molecule has 0 fully saturated rings. The highest BCUT2D eigenvalue weighted by Crippen LogP contribution is 2.32. The minimum atomic E-state index is -0.603. The van der Waals surface area contributed by atoms with Crippen molar-refractivity contribution >= 4 is 0 Å². The van der Waals surface area contributed by atoms with E-state index < -0.39 is 12.2 Å². The van der Waals surface area contributed by atoms with Crippen molar-refractivity contribution in [2.45, 2.75) is 26.1 Å². The third-order valence-corrected chi connectivity index (χ3v) is 4.84. The molecule has 176 valence electrons. The van der Waals surface area contributed by atoms with E-state index in [1.807, 2.05) is 0 Å². The highest BCUT2D eigenvalue weighted by molar-refractivity contribution is 5.44. The van der Waals surface area contributed by atoms with Crippen LogP contribution in [0.4, 0.5) is 0 Å². The Labute approximate surface area is 188 Å². The average Bonchev–Trinajstić information content (AvgIpc) is 2.78. The number of aliphatic hydroxyl groups is 2. The van der Waals surface area contributed by atoms with Gasteiger partial charge in [-0.2, -0.15) is 0 Å². The van der Waals surface area contributed by atoms with Gasteiger partial charge in [-0.25, -0.2) is 0 Å². The minimum absolute atomic E-state index is 0.327. The van der Waals surface area contributed by atoms with Gasteiger partial charge in [-0.3, -0.25) is 0 Å². The van der Waals surface area contributed by atoms with Gasteiger partial charge in [0.25, 0.3) is 0 Å². The Kier molecular flexibility index (Phi) is 9.43. The third-order valence-electron chi connectivity index (χ3n) is 4.84. The van der Waals surface area contributed by atoms with Gasteiger partial charge in [0, 0.05) is 0 Å². The molecule has 1 heterocycles. The monoisotopic (exact) mass is 448 g/mol. The second kappa shape index (κ2) is 12.5. The molecule has 8 heteroatoms. The zero-order chi connectivity index (χ0) is 22.8. The van der Waals surface area contributed by atoms with Crippen LogP contribution in [0.1, 0.15) is 37.2 Å². The van der Waals surface area contributed by atoms with Crippen LogP contribution in [0, 0.1) is 0 Å². The van der Waals surface area contributed by atoms with E-state index in [2.05, 4.69) is 0 Å². The number of ether oxygens (including phenoxy) is 6. The fourth-order valence-electron chi connectivity index (χ4n) is 3.08. The molecule has 2 aromatic rings. The molecule has 2 aromatic carbocycles. The van der Waals surface area contributed by atoms with E-state index in [-0.39, 0.29) is 0 Å². The van der Waals surface area contributed by atoms with Crippen LogP contribution in [0.25, 0.3) is 0 Å². The molecule has 0 saturated heterocycles. The van der Waals surface area contributed by atoms with Crippen molar-refractivity contribution in [2.75, 3.05) is 52.9 Å². The lowest BCUT2D eigenvalue weighted by molar-refractivity contribution is 0.0638. The fourth-order valence-corrected chi connectivity index (χ4v) is 3.08. The number of rotatable bonds is 2. The lowest BCUT2D eigenvalue weighted by atomic mass is 10.1. The van der Waals surface area contributed by atoms with Crippen molar-refractivity contribution < 1.29 is 38.6 Å². The molecule has 0 spiro atoms. The topological polar surface area (TPSA) is 95.8 Å². The van der Waals surface area contributed by atoms with Gasteiger partial charge in [-0.05, 0) is 49.2 Å². The van der Waals surface area contributed by atoms with Crippen LogP contribution in [-0.4, -0.2) is 63.1 Å². The predicted octanol–water partition coefficient (Wildman–Crippen LogP) is 3.06. The van der Waals surface area contributed by atoms with E-state index in [1.54, 1.807) is 50.2 Å². The van der Waals surface area contributed by atoms with Gasteiger partial charge in [0.1, 0.15) is 26.4 Å². The van der Waals surface area contributed by atoms with Crippen LogP contribution >= 0.6 is 0 Å². The molecular formula is C24H32O8.